The highest BCUT2D eigenvalue weighted by Gasteiger charge is 2.27. The van der Waals surface area contributed by atoms with Crippen LogP contribution in [0.2, 0.25) is 0 Å². The normalized spacial score (nSPS) is 16.9. The fourth-order valence-electron chi connectivity index (χ4n) is 1.98. The number of methoxy groups -OCH3 is 1. The molecular weight excluding hydrogens is 260 g/mol. The molecule has 1 amide bonds. The lowest BCUT2D eigenvalue weighted by Crippen LogP contribution is -2.19. The van der Waals surface area contributed by atoms with Gasteiger partial charge in [0.1, 0.15) is 18.4 Å². The van der Waals surface area contributed by atoms with Gasteiger partial charge in [0.25, 0.3) is 0 Å². The van der Waals surface area contributed by atoms with Crippen molar-refractivity contribution >= 4 is 11.6 Å². The maximum absolute atomic E-state index is 11.4. The number of ether oxygens (including phenoxy) is 3. The Balaban J connectivity index is 1.72. The first-order valence-electron chi connectivity index (χ1n) is 6.62. The number of nitrogens with two attached hydrogens (primary N) is 1. The summed E-state index contributed by atoms with van der Waals surface area (Å²) >= 11 is 0. The van der Waals surface area contributed by atoms with Gasteiger partial charge in [-0.1, -0.05) is 6.07 Å². The highest BCUT2D eigenvalue weighted by molar-refractivity contribution is 6.02. The lowest BCUT2D eigenvalue weighted by atomic mass is 10.1. The number of carbonyl (C=O) groups excluding carboxylic acids is 1. The number of anilines is 1. The molecule has 1 aliphatic heterocycles. The van der Waals surface area contributed by atoms with Gasteiger partial charge in [-0.25, -0.2) is 0 Å². The zero-order valence-electron chi connectivity index (χ0n) is 11.6. The Hall–Kier alpha value is -1.63. The monoisotopic (exact) mass is 280 g/mol. The van der Waals surface area contributed by atoms with E-state index in [4.69, 9.17) is 19.9 Å². The molecule has 0 spiro atoms. The predicted molar refractivity (Wildman–Crippen MR) is 74.8 cm³/mol. The van der Waals surface area contributed by atoms with Gasteiger partial charge in [-0.05, 0) is 12.5 Å². The van der Waals surface area contributed by atoms with Crippen molar-refractivity contribution in [3.8, 4) is 5.75 Å². The van der Waals surface area contributed by atoms with E-state index < -0.39 is 6.04 Å². The third-order valence-corrected chi connectivity index (χ3v) is 3.03. The number of benzene rings is 1. The Morgan fingerprint density at radius 1 is 1.25 bits per heavy atom. The van der Waals surface area contributed by atoms with Gasteiger partial charge in [0.2, 0.25) is 5.91 Å². The van der Waals surface area contributed by atoms with E-state index in [2.05, 4.69) is 5.32 Å². The van der Waals surface area contributed by atoms with Crippen LogP contribution in [0.25, 0.3) is 0 Å². The molecule has 1 unspecified atom stereocenters. The number of nitrogens with one attached hydrogen (secondary N) is 1. The summed E-state index contributed by atoms with van der Waals surface area (Å²) in [5.41, 5.74) is 7.26. The molecule has 6 heteroatoms. The predicted octanol–water partition coefficient (Wildman–Crippen LogP) is 1.07. The Bertz CT molecular complexity index is 464. The zero-order valence-corrected chi connectivity index (χ0v) is 11.6. The van der Waals surface area contributed by atoms with Crippen molar-refractivity contribution in [3.05, 3.63) is 23.8 Å². The second kappa shape index (κ2) is 7.23. The van der Waals surface area contributed by atoms with Crippen molar-refractivity contribution in [3.63, 3.8) is 0 Å². The molecule has 0 saturated carbocycles. The summed E-state index contributed by atoms with van der Waals surface area (Å²) in [5.74, 6) is 0.511. The Kier molecular flexibility index (Phi) is 5.34. The summed E-state index contributed by atoms with van der Waals surface area (Å²) in [7, 11) is 1.67. The fourth-order valence-corrected chi connectivity index (χ4v) is 1.98. The molecule has 20 heavy (non-hydrogen) atoms. The van der Waals surface area contributed by atoms with Crippen molar-refractivity contribution in [1.29, 1.82) is 0 Å². The molecule has 1 aromatic carbocycles. The minimum atomic E-state index is -0.580. The molecule has 3 N–H and O–H groups in total. The van der Waals surface area contributed by atoms with Crippen LogP contribution in [0.1, 0.15) is 18.0 Å². The van der Waals surface area contributed by atoms with Gasteiger partial charge in [-0.2, -0.15) is 0 Å². The topological polar surface area (TPSA) is 82.8 Å². The van der Waals surface area contributed by atoms with Crippen molar-refractivity contribution in [1.82, 2.24) is 0 Å². The number of amides is 1. The number of carbonyl (C=O) groups is 1. The number of fused-ring (bicyclic) bond motifs is 1. The van der Waals surface area contributed by atoms with Crippen LogP contribution in [0.15, 0.2) is 18.2 Å². The first-order valence-corrected chi connectivity index (χ1v) is 6.62. The maximum Gasteiger partial charge on any atom is 0.245 e. The third-order valence-electron chi connectivity index (χ3n) is 3.03. The smallest absolute Gasteiger partial charge is 0.245 e. The van der Waals surface area contributed by atoms with Crippen LogP contribution < -0.4 is 15.8 Å². The summed E-state index contributed by atoms with van der Waals surface area (Å²) in [4.78, 5) is 11.4. The van der Waals surface area contributed by atoms with Crippen LogP contribution in [-0.2, 0) is 14.3 Å². The highest BCUT2D eigenvalue weighted by atomic mass is 16.5. The van der Waals surface area contributed by atoms with E-state index in [0.717, 1.165) is 17.7 Å². The largest absolute Gasteiger partial charge is 0.491 e. The van der Waals surface area contributed by atoms with Crippen LogP contribution in [0, 0.1) is 0 Å². The summed E-state index contributed by atoms with van der Waals surface area (Å²) in [6.45, 7) is 2.34. The molecule has 1 heterocycles. The number of hydrogen-bond donors (Lipinski definition) is 2. The Morgan fingerprint density at radius 3 is 2.90 bits per heavy atom. The molecule has 1 aliphatic rings. The average Bonchev–Trinajstić information content (AvgIpc) is 2.73. The van der Waals surface area contributed by atoms with Crippen LogP contribution in [-0.4, -0.2) is 39.4 Å². The fraction of sp³-hybridized carbons (Fsp3) is 0.500. The molecule has 0 aromatic heterocycles. The number of hydrogen-bond acceptors (Lipinski definition) is 5. The molecule has 6 nitrogen and oxygen atoms in total. The summed E-state index contributed by atoms with van der Waals surface area (Å²) in [5, 5.41) is 2.72. The van der Waals surface area contributed by atoms with Gasteiger partial charge in [-0.3, -0.25) is 4.79 Å². The Labute approximate surface area is 118 Å². The van der Waals surface area contributed by atoms with Crippen LogP contribution >= 0.6 is 0 Å². The van der Waals surface area contributed by atoms with Crippen LogP contribution in [0.4, 0.5) is 5.69 Å². The minimum Gasteiger partial charge on any atom is -0.491 e. The third kappa shape index (κ3) is 3.69. The first kappa shape index (κ1) is 14.8. The van der Waals surface area contributed by atoms with E-state index in [-0.39, 0.29) is 5.91 Å². The van der Waals surface area contributed by atoms with E-state index >= 15 is 0 Å². The maximum atomic E-state index is 11.4. The molecule has 0 saturated heterocycles. The lowest BCUT2D eigenvalue weighted by Gasteiger charge is -2.09. The molecule has 0 bridgehead atoms. The van der Waals surface area contributed by atoms with Gasteiger partial charge < -0.3 is 25.3 Å². The van der Waals surface area contributed by atoms with Crippen LogP contribution in [0.3, 0.4) is 0 Å². The summed E-state index contributed by atoms with van der Waals surface area (Å²) in [6, 6.07) is 4.82. The summed E-state index contributed by atoms with van der Waals surface area (Å²) in [6.07, 6.45) is 0.874. The molecule has 0 fully saturated rings. The van der Waals surface area contributed by atoms with Crippen LogP contribution in [0.5, 0.6) is 5.75 Å². The van der Waals surface area contributed by atoms with Gasteiger partial charge >= 0.3 is 0 Å². The molecule has 2 rings (SSSR count). The molecular formula is C14H20N2O4. The van der Waals surface area contributed by atoms with Gasteiger partial charge in [-0.15, -0.1) is 0 Å². The van der Waals surface area contributed by atoms with E-state index in [1.807, 2.05) is 12.1 Å². The van der Waals surface area contributed by atoms with E-state index in [1.54, 1.807) is 13.2 Å². The highest BCUT2D eigenvalue weighted by Crippen LogP contribution is 2.32. The van der Waals surface area contributed by atoms with Crippen molar-refractivity contribution < 1.29 is 19.0 Å². The first-order chi connectivity index (χ1) is 9.72. The number of rotatable bonds is 8. The molecule has 0 aliphatic carbocycles. The van der Waals surface area contributed by atoms with Gasteiger partial charge in [0.05, 0.1) is 6.61 Å². The van der Waals surface area contributed by atoms with Crippen molar-refractivity contribution in [2.24, 2.45) is 5.73 Å². The Morgan fingerprint density at radius 2 is 2.10 bits per heavy atom. The van der Waals surface area contributed by atoms with Crippen molar-refractivity contribution in [2.75, 3.05) is 38.9 Å². The SMILES string of the molecule is COCCCOCCOc1ccc2c(c1)NC(=O)C2N. The second-order valence-corrected chi connectivity index (χ2v) is 4.52. The quantitative estimate of drug-likeness (QED) is 0.696. The summed E-state index contributed by atoms with van der Waals surface area (Å²) < 4.78 is 15.9. The standard InChI is InChI=1S/C14H20N2O4/c1-18-5-2-6-19-7-8-20-10-3-4-11-12(9-10)16-14(17)13(11)15/h3-4,9,13H,2,5-8,15H2,1H3,(H,16,17). The van der Waals surface area contributed by atoms with Gasteiger partial charge in [0.15, 0.2) is 0 Å². The van der Waals surface area contributed by atoms with E-state index in [0.29, 0.717) is 32.2 Å². The zero-order chi connectivity index (χ0) is 14.4. The molecule has 1 atom stereocenters. The molecule has 1 aromatic rings. The lowest BCUT2D eigenvalue weighted by molar-refractivity contribution is -0.116. The van der Waals surface area contributed by atoms with Gasteiger partial charge in [0, 0.05) is 37.6 Å². The van der Waals surface area contributed by atoms with E-state index in [9.17, 15) is 4.79 Å². The van der Waals surface area contributed by atoms with E-state index in [1.165, 1.54) is 0 Å². The van der Waals surface area contributed by atoms with Crippen molar-refractivity contribution in [2.45, 2.75) is 12.5 Å². The molecule has 0 radical (unpaired) electrons. The average molecular weight is 280 g/mol. The molecule has 110 valence electrons. The second-order valence-electron chi connectivity index (χ2n) is 4.52. The minimum absolute atomic E-state index is 0.182.